The second kappa shape index (κ2) is 2.39. The molecule has 0 amide bonds. The number of rotatable bonds is 0. The van der Waals surface area contributed by atoms with Crippen molar-refractivity contribution in [2.24, 2.45) is 0 Å². The standard InChI is InChI=1S/C11H9NO/c1-2-5-9-8(4-1)11-10(13-9)6-3-7-12-11/h1-6,12H,7H2. The summed E-state index contributed by atoms with van der Waals surface area (Å²) in [7, 11) is 0. The van der Waals surface area contributed by atoms with Crippen molar-refractivity contribution in [1.82, 2.24) is 0 Å². The van der Waals surface area contributed by atoms with Gasteiger partial charge in [-0.2, -0.15) is 0 Å². The highest BCUT2D eigenvalue weighted by atomic mass is 16.3. The number of fused-ring (bicyclic) bond motifs is 3. The van der Waals surface area contributed by atoms with E-state index < -0.39 is 0 Å². The zero-order valence-electron chi connectivity index (χ0n) is 7.08. The van der Waals surface area contributed by atoms with E-state index in [1.165, 1.54) is 5.39 Å². The highest BCUT2D eigenvalue weighted by Gasteiger charge is 2.12. The van der Waals surface area contributed by atoms with Crippen LogP contribution in [0, 0.1) is 0 Å². The van der Waals surface area contributed by atoms with E-state index in [1.54, 1.807) is 0 Å². The molecule has 3 rings (SSSR count). The van der Waals surface area contributed by atoms with Crippen LogP contribution in [0.5, 0.6) is 0 Å². The average Bonchev–Trinajstić information content (AvgIpc) is 2.56. The third-order valence-electron chi connectivity index (χ3n) is 2.29. The predicted octanol–water partition coefficient (Wildman–Crippen LogP) is 2.87. The summed E-state index contributed by atoms with van der Waals surface area (Å²) in [6.07, 6.45) is 4.08. The summed E-state index contributed by atoms with van der Waals surface area (Å²) in [6, 6.07) is 8.08. The predicted molar refractivity (Wildman–Crippen MR) is 53.7 cm³/mol. The van der Waals surface area contributed by atoms with Crippen molar-refractivity contribution in [3.8, 4) is 0 Å². The monoisotopic (exact) mass is 171 g/mol. The number of benzene rings is 1. The van der Waals surface area contributed by atoms with Gasteiger partial charge >= 0.3 is 0 Å². The van der Waals surface area contributed by atoms with E-state index in [9.17, 15) is 0 Å². The highest BCUT2D eigenvalue weighted by Crippen LogP contribution is 2.32. The molecule has 0 aliphatic carbocycles. The molecule has 0 radical (unpaired) electrons. The van der Waals surface area contributed by atoms with Gasteiger partial charge in [0.25, 0.3) is 0 Å². The quantitative estimate of drug-likeness (QED) is 0.659. The maximum Gasteiger partial charge on any atom is 0.151 e. The van der Waals surface area contributed by atoms with Gasteiger partial charge in [-0.15, -0.1) is 0 Å². The first-order valence-corrected chi connectivity index (χ1v) is 4.37. The minimum Gasteiger partial charge on any atom is -0.454 e. The Kier molecular flexibility index (Phi) is 1.25. The fourth-order valence-electron chi connectivity index (χ4n) is 1.69. The summed E-state index contributed by atoms with van der Waals surface area (Å²) in [4.78, 5) is 0. The normalized spacial score (nSPS) is 14.2. The zero-order chi connectivity index (χ0) is 8.67. The fraction of sp³-hybridized carbons (Fsp3) is 0.0909. The van der Waals surface area contributed by atoms with Crippen molar-refractivity contribution in [3.05, 3.63) is 36.1 Å². The van der Waals surface area contributed by atoms with Gasteiger partial charge in [0, 0.05) is 11.9 Å². The maximum atomic E-state index is 5.64. The summed E-state index contributed by atoms with van der Waals surface area (Å²) in [6.45, 7) is 0.885. The average molecular weight is 171 g/mol. The van der Waals surface area contributed by atoms with Crippen LogP contribution in [0.15, 0.2) is 34.8 Å². The van der Waals surface area contributed by atoms with Crippen molar-refractivity contribution in [1.29, 1.82) is 0 Å². The molecule has 1 aromatic carbocycles. The molecule has 0 bridgehead atoms. The molecule has 13 heavy (non-hydrogen) atoms. The summed E-state index contributed by atoms with van der Waals surface area (Å²) in [5.74, 6) is 0.937. The van der Waals surface area contributed by atoms with Crippen LogP contribution in [0.3, 0.4) is 0 Å². The lowest BCUT2D eigenvalue weighted by Gasteiger charge is -2.05. The van der Waals surface area contributed by atoms with Gasteiger partial charge in [0.1, 0.15) is 5.58 Å². The molecule has 2 aromatic rings. The Bertz CT molecular complexity index is 482. The number of hydrogen-bond donors (Lipinski definition) is 1. The van der Waals surface area contributed by atoms with Gasteiger partial charge in [-0.25, -0.2) is 0 Å². The van der Waals surface area contributed by atoms with Crippen molar-refractivity contribution in [3.63, 3.8) is 0 Å². The van der Waals surface area contributed by atoms with E-state index in [-0.39, 0.29) is 0 Å². The Morgan fingerprint density at radius 1 is 1.23 bits per heavy atom. The zero-order valence-corrected chi connectivity index (χ0v) is 7.08. The summed E-state index contributed by atoms with van der Waals surface area (Å²) in [5, 5.41) is 4.47. The van der Waals surface area contributed by atoms with Gasteiger partial charge in [0.05, 0.1) is 5.69 Å². The van der Waals surface area contributed by atoms with Crippen LogP contribution in [0.4, 0.5) is 5.69 Å². The van der Waals surface area contributed by atoms with Gasteiger partial charge < -0.3 is 9.73 Å². The lowest BCUT2D eigenvalue weighted by atomic mass is 10.2. The number of para-hydroxylation sites is 1. The first-order chi connectivity index (χ1) is 6.45. The van der Waals surface area contributed by atoms with Crippen molar-refractivity contribution in [2.75, 3.05) is 11.9 Å². The van der Waals surface area contributed by atoms with Crippen molar-refractivity contribution < 1.29 is 4.42 Å². The molecule has 1 aliphatic heterocycles. The lowest BCUT2D eigenvalue weighted by molar-refractivity contribution is 0.604. The molecule has 0 saturated heterocycles. The van der Waals surface area contributed by atoms with E-state index in [4.69, 9.17) is 4.42 Å². The van der Waals surface area contributed by atoms with Gasteiger partial charge in [-0.3, -0.25) is 0 Å². The van der Waals surface area contributed by atoms with Crippen LogP contribution in [0.25, 0.3) is 17.0 Å². The molecule has 2 heterocycles. The first kappa shape index (κ1) is 6.78. The van der Waals surface area contributed by atoms with E-state index >= 15 is 0 Å². The molecule has 64 valence electrons. The van der Waals surface area contributed by atoms with Crippen LogP contribution < -0.4 is 5.32 Å². The van der Waals surface area contributed by atoms with Crippen LogP contribution in [0.2, 0.25) is 0 Å². The molecule has 0 saturated carbocycles. The van der Waals surface area contributed by atoms with Gasteiger partial charge in [0.15, 0.2) is 5.76 Å². The first-order valence-electron chi connectivity index (χ1n) is 4.37. The molecule has 1 aliphatic rings. The van der Waals surface area contributed by atoms with Gasteiger partial charge in [-0.1, -0.05) is 18.2 Å². The van der Waals surface area contributed by atoms with Crippen LogP contribution in [0.1, 0.15) is 5.76 Å². The smallest absolute Gasteiger partial charge is 0.151 e. The Hall–Kier alpha value is -1.70. The summed E-state index contributed by atoms with van der Waals surface area (Å²) < 4.78 is 5.64. The summed E-state index contributed by atoms with van der Waals surface area (Å²) >= 11 is 0. The molecule has 0 unspecified atom stereocenters. The Labute approximate surface area is 75.9 Å². The van der Waals surface area contributed by atoms with Gasteiger partial charge in [-0.05, 0) is 18.2 Å². The highest BCUT2D eigenvalue weighted by molar-refractivity contribution is 5.95. The van der Waals surface area contributed by atoms with Crippen LogP contribution in [-0.4, -0.2) is 6.54 Å². The number of hydrogen-bond acceptors (Lipinski definition) is 2. The molecule has 0 atom stereocenters. The Morgan fingerprint density at radius 3 is 3.15 bits per heavy atom. The molecule has 1 N–H and O–H groups in total. The fourth-order valence-corrected chi connectivity index (χ4v) is 1.69. The molecule has 2 heteroatoms. The lowest BCUT2D eigenvalue weighted by Crippen LogP contribution is -2.01. The van der Waals surface area contributed by atoms with Crippen LogP contribution >= 0.6 is 0 Å². The van der Waals surface area contributed by atoms with Crippen molar-refractivity contribution >= 4 is 22.7 Å². The molecular weight excluding hydrogens is 162 g/mol. The van der Waals surface area contributed by atoms with E-state index in [2.05, 4.69) is 17.5 Å². The number of furan rings is 1. The Balaban J connectivity index is 2.41. The van der Waals surface area contributed by atoms with E-state index in [1.807, 2.05) is 24.3 Å². The SMILES string of the molecule is C1=Cc2oc3ccccc3c2NC1. The largest absolute Gasteiger partial charge is 0.454 e. The maximum absolute atomic E-state index is 5.64. The third kappa shape index (κ3) is 0.886. The van der Waals surface area contributed by atoms with Crippen molar-refractivity contribution in [2.45, 2.75) is 0 Å². The van der Waals surface area contributed by atoms with E-state index in [0.29, 0.717) is 0 Å². The second-order valence-electron chi connectivity index (χ2n) is 3.12. The van der Waals surface area contributed by atoms with E-state index in [0.717, 1.165) is 23.6 Å². The van der Waals surface area contributed by atoms with Crippen LogP contribution in [-0.2, 0) is 0 Å². The number of nitrogens with one attached hydrogen (secondary N) is 1. The molecular formula is C11H9NO. The molecule has 0 spiro atoms. The minimum absolute atomic E-state index is 0.885. The van der Waals surface area contributed by atoms with Gasteiger partial charge in [0.2, 0.25) is 0 Å². The number of anilines is 1. The molecule has 0 fully saturated rings. The molecule has 2 nitrogen and oxygen atoms in total. The topological polar surface area (TPSA) is 25.2 Å². The minimum atomic E-state index is 0.885. The summed E-state index contributed by atoms with van der Waals surface area (Å²) in [5.41, 5.74) is 2.07. The third-order valence-corrected chi connectivity index (χ3v) is 2.29. The Morgan fingerprint density at radius 2 is 2.15 bits per heavy atom. The molecule has 1 aromatic heterocycles. The second-order valence-corrected chi connectivity index (χ2v) is 3.12.